The molecule has 0 radical (unpaired) electrons. The van der Waals surface area contributed by atoms with Crippen molar-refractivity contribution in [3.63, 3.8) is 0 Å². The Morgan fingerprint density at radius 3 is 2.22 bits per heavy atom. The standard InChI is InChI=1S/C20H15ClF6N4O5S/c1-30(9-14-8-16(36-18(32)33)31(29-14)17-15(21)3-2-4-28-17)37(34,35)10-11-5-12(19(22,23)24)7-13(6-11)20(25,26)27/h2-8H,9-10H2,1H3,(H,32,33). The van der Waals surface area contributed by atoms with Crippen LogP contribution in [0.2, 0.25) is 5.02 Å². The third-order valence-corrected chi connectivity index (χ3v) is 6.79. The highest BCUT2D eigenvalue weighted by atomic mass is 35.5. The van der Waals surface area contributed by atoms with Gasteiger partial charge in [-0.2, -0.15) is 40.4 Å². The summed E-state index contributed by atoms with van der Waals surface area (Å²) < 4.78 is 110. The molecule has 1 N–H and O–H groups in total. The van der Waals surface area contributed by atoms with Crippen molar-refractivity contribution in [1.82, 2.24) is 19.1 Å². The molecular weight excluding hydrogens is 558 g/mol. The Morgan fingerprint density at radius 2 is 1.70 bits per heavy atom. The Kier molecular flexibility index (Phi) is 7.76. The summed E-state index contributed by atoms with van der Waals surface area (Å²) in [6.45, 7) is -0.555. The number of carbonyl (C=O) groups is 1. The lowest BCUT2D eigenvalue weighted by atomic mass is 10.1. The van der Waals surface area contributed by atoms with Crippen LogP contribution >= 0.6 is 11.6 Å². The number of hydrogen-bond acceptors (Lipinski definition) is 6. The first-order valence-electron chi connectivity index (χ1n) is 9.80. The molecule has 17 heteroatoms. The maximum Gasteiger partial charge on any atom is 0.512 e. The summed E-state index contributed by atoms with van der Waals surface area (Å²) in [7, 11) is -3.47. The van der Waals surface area contributed by atoms with Gasteiger partial charge in [-0.15, -0.1) is 0 Å². The minimum absolute atomic E-state index is 0.0402. The average molecular weight is 573 g/mol. The number of benzene rings is 1. The third-order valence-electron chi connectivity index (χ3n) is 4.71. The summed E-state index contributed by atoms with van der Waals surface area (Å²) in [6, 6.07) is 4.47. The molecule has 0 amide bonds. The number of pyridine rings is 1. The van der Waals surface area contributed by atoms with Crippen LogP contribution in [0.4, 0.5) is 31.1 Å². The predicted molar refractivity (Wildman–Crippen MR) is 116 cm³/mol. The maximum absolute atomic E-state index is 13.1. The smallest absolute Gasteiger partial charge is 0.449 e. The Hall–Kier alpha value is -3.37. The van der Waals surface area contributed by atoms with Crippen molar-refractivity contribution >= 4 is 27.8 Å². The molecule has 3 aromatic rings. The Balaban J connectivity index is 1.92. The maximum atomic E-state index is 13.1. The lowest BCUT2D eigenvalue weighted by Crippen LogP contribution is -2.28. The van der Waals surface area contributed by atoms with Gasteiger partial charge < -0.3 is 9.84 Å². The molecule has 0 aliphatic heterocycles. The summed E-state index contributed by atoms with van der Waals surface area (Å²) in [5.74, 6) is -1.65. The Labute approximate surface area is 209 Å². The van der Waals surface area contributed by atoms with Crippen LogP contribution in [0.3, 0.4) is 0 Å². The first-order valence-corrected chi connectivity index (χ1v) is 11.8. The van der Waals surface area contributed by atoms with E-state index < -0.39 is 63.4 Å². The summed E-state index contributed by atoms with van der Waals surface area (Å²) >= 11 is 6.04. The summed E-state index contributed by atoms with van der Waals surface area (Å²) in [5, 5.41) is 13.0. The fourth-order valence-corrected chi connectivity index (χ4v) is 4.42. The predicted octanol–water partition coefficient (Wildman–Crippen LogP) is 4.98. The molecule has 0 atom stereocenters. The number of rotatable bonds is 7. The fraction of sp³-hybridized carbons (Fsp3) is 0.250. The van der Waals surface area contributed by atoms with E-state index in [1.807, 2.05) is 0 Å². The van der Waals surface area contributed by atoms with Gasteiger partial charge in [0.2, 0.25) is 15.9 Å². The van der Waals surface area contributed by atoms with Crippen molar-refractivity contribution in [2.75, 3.05) is 7.05 Å². The van der Waals surface area contributed by atoms with Gasteiger partial charge in [0.25, 0.3) is 0 Å². The van der Waals surface area contributed by atoms with Crippen LogP contribution in [0.15, 0.2) is 42.6 Å². The molecular formula is C20H15ClF6N4O5S. The number of aromatic nitrogens is 3. The van der Waals surface area contributed by atoms with Gasteiger partial charge in [-0.05, 0) is 35.9 Å². The normalized spacial score (nSPS) is 12.7. The van der Waals surface area contributed by atoms with Gasteiger partial charge >= 0.3 is 18.5 Å². The highest BCUT2D eigenvalue weighted by Crippen LogP contribution is 2.37. The second-order valence-corrected chi connectivity index (χ2v) is 9.97. The van der Waals surface area contributed by atoms with Gasteiger partial charge in [-0.3, -0.25) is 0 Å². The van der Waals surface area contributed by atoms with Gasteiger partial charge in [0, 0.05) is 19.3 Å². The second-order valence-electron chi connectivity index (χ2n) is 7.49. The van der Waals surface area contributed by atoms with Crippen molar-refractivity contribution in [3.8, 4) is 11.7 Å². The van der Waals surface area contributed by atoms with Crippen LogP contribution < -0.4 is 4.74 Å². The lowest BCUT2D eigenvalue weighted by Gasteiger charge is -2.18. The van der Waals surface area contributed by atoms with E-state index in [0.29, 0.717) is 16.4 Å². The number of sulfonamides is 1. The minimum atomic E-state index is -5.15. The van der Waals surface area contributed by atoms with Crippen LogP contribution in [0.5, 0.6) is 5.88 Å². The summed E-state index contributed by atoms with van der Waals surface area (Å²) in [5.41, 5.74) is -4.15. The van der Waals surface area contributed by atoms with Gasteiger partial charge in [-0.25, -0.2) is 18.2 Å². The number of carboxylic acid groups (broad SMARTS) is 1. The molecule has 3 rings (SSSR count). The second kappa shape index (κ2) is 10.2. The molecule has 0 saturated carbocycles. The lowest BCUT2D eigenvalue weighted by molar-refractivity contribution is -0.143. The number of halogens is 7. The summed E-state index contributed by atoms with van der Waals surface area (Å²) in [4.78, 5) is 15.0. The van der Waals surface area contributed by atoms with Crippen LogP contribution in [0.25, 0.3) is 5.82 Å². The zero-order valence-corrected chi connectivity index (χ0v) is 20.0. The van der Waals surface area contributed by atoms with E-state index in [4.69, 9.17) is 16.7 Å². The zero-order valence-electron chi connectivity index (χ0n) is 18.4. The van der Waals surface area contributed by atoms with E-state index in [9.17, 15) is 39.6 Å². The first-order chi connectivity index (χ1) is 17.0. The number of ether oxygens (including phenoxy) is 1. The minimum Gasteiger partial charge on any atom is -0.449 e. The van der Waals surface area contributed by atoms with E-state index >= 15 is 0 Å². The van der Waals surface area contributed by atoms with E-state index in [1.165, 1.54) is 18.3 Å². The highest BCUT2D eigenvalue weighted by Gasteiger charge is 2.37. The third kappa shape index (κ3) is 6.90. The van der Waals surface area contributed by atoms with Gasteiger partial charge in [0.1, 0.15) is 0 Å². The molecule has 200 valence electrons. The Bertz CT molecular complexity index is 1390. The topological polar surface area (TPSA) is 115 Å². The molecule has 0 aliphatic rings. The van der Waals surface area contributed by atoms with Crippen molar-refractivity contribution in [2.24, 2.45) is 0 Å². The first kappa shape index (κ1) is 28.2. The van der Waals surface area contributed by atoms with Crippen molar-refractivity contribution in [1.29, 1.82) is 0 Å². The molecule has 2 heterocycles. The van der Waals surface area contributed by atoms with E-state index in [-0.39, 0.29) is 22.6 Å². The molecule has 37 heavy (non-hydrogen) atoms. The SMILES string of the molecule is CN(Cc1cc(OC(=O)O)n(-c2ncccc2Cl)n1)S(=O)(=O)Cc1cc(C(F)(F)F)cc(C(F)(F)F)c1. The van der Waals surface area contributed by atoms with Gasteiger partial charge in [0.15, 0.2) is 5.82 Å². The van der Waals surface area contributed by atoms with Gasteiger partial charge in [-0.1, -0.05) is 11.6 Å². The monoisotopic (exact) mass is 572 g/mol. The molecule has 1 aromatic carbocycles. The van der Waals surface area contributed by atoms with Crippen molar-refractivity contribution in [3.05, 3.63) is 70.0 Å². The zero-order chi connectivity index (χ0) is 27.8. The Morgan fingerprint density at radius 1 is 1.11 bits per heavy atom. The quantitative estimate of drug-likeness (QED) is 0.314. The van der Waals surface area contributed by atoms with E-state index in [2.05, 4.69) is 14.8 Å². The molecule has 0 fully saturated rings. The number of hydrogen-bond donors (Lipinski definition) is 1. The largest absolute Gasteiger partial charge is 0.512 e. The highest BCUT2D eigenvalue weighted by molar-refractivity contribution is 7.88. The number of alkyl halides is 6. The molecule has 0 bridgehead atoms. The van der Waals surface area contributed by atoms with Crippen molar-refractivity contribution in [2.45, 2.75) is 24.7 Å². The summed E-state index contributed by atoms with van der Waals surface area (Å²) in [6.07, 6.45) is -10.7. The number of nitrogens with zero attached hydrogens (tertiary/aromatic N) is 4. The molecule has 2 aromatic heterocycles. The molecule has 9 nitrogen and oxygen atoms in total. The van der Waals surface area contributed by atoms with Crippen LogP contribution in [0, 0.1) is 0 Å². The van der Waals surface area contributed by atoms with Crippen molar-refractivity contribution < 1.29 is 49.4 Å². The van der Waals surface area contributed by atoms with Crippen LogP contribution in [0.1, 0.15) is 22.4 Å². The van der Waals surface area contributed by atoms with E-state index in [0.717, 1.165) is 17.8 Å². The van der Waals surface area contributed by atoms with Gasteiger partial charge in [0.05, 0.1) is 34.1 Å². The van der Waals surface area contributed by atoms with E-state index in [1.54, 1.807) is 0 Å². The molecule has 0 spiro atoms. The molecule has 0 unspecified atom stereocenters. The fourth-order valence-electron chi connectivity index (χ4n) is 3.08. The molecule has 0 saturated heterocycles. The van der Waals surface area contributed by atoms with Crippen LogP contribution in [-0.2, 0) is 34.7 Å². The molecule has 0 aliphatic carbocycles. The average Bonchev–Trinajstić information content (AvgIpc) is 3.13. The van der Waals surface area contributed by atoms with Crippen LogP contribution in [-0.4, -0.2) is 45.8 Å².